The van der Waals surface area contributed by atoms with Gasteiger partial charge in [-0.25, -0.2) is 8.42 Å². The largest absolute Gasteiger partial charge is 0.336 e. The summed E-state index contributed by atoms with van der Waals surface area (Å²) in [6, 6.07) is 11.3. The van der Waals surface area contributed by atoms with Gasteiger partial charge in [0, 0.05) is 54.0 Å². The van der Waals surface area contributed by atoms with E-state index in [0.717, 1.165) is 0 Å². The van der Waals surface area contributed by atoms with Crippen LogP contribution in [0.15, 0.2) is 42.5 Å². The summed E-state index contributed by atoms with van der Waals surface area (Å²) in [5, 5.41) is -0.510. The minimum Gasteiger partial charge on any atom is -0.336 e. The Labute approximate surface area is 176 Å². The van der Waals surface area contributed by atoms with Gasteiger partial charge in [-0.05, 0) is 24.6 Å². The molecule has 0 aromatic heterocycles. The predicted octanol–water partition coefficient (Wildman–Crippen LogP) is 1.57. The van der Waals surface area contributed by atoms with Crippen molar-refractivity contribution in [3.05, 3.63) is 70.3 Å². The summed E-state index contributed by atoms with van der Waals surface area (Å²) >= 11 is 0. The van der Waals surface area contributed by atoms with Crippen molar-refractivity contribution in [3.8, 4) is 0 Å². The van der Waals surface area contributed by atoms with Gasteiger partial charge >= 0.3 is 0 Å². The Morgan fingerprint density at radius 2 is 1.47 bits per heavy atom. The van der Waals surface area contributed by atoms with Crippen LogP contribution >= 0.6 is 0 Å². The Hall–Kier alpha value is -2.84. The molecular formula is C22H22N2O5S. The highest BCUT2D eigenvalue weighted by Gasteiger charge is 2.31. The van der Waals surface area contributed by atoms with Gasteiger partial charge in [-0.15, -0.1) is 0 Å². The van der Waals surface area contributed by atoms with Crippen molar-refractivity contribution >= 4 is 28.2 Å². The van der Waals surface area contributed by atoms with E-state index in [2.05, 4.69) is 0 Å². The van der Waals surface area contributed by atoms with E-state index in [9.17, 15) is 22.8 Å². The Balaban J connectivity index is 1.55. The number of nitrogens with zero attached hydrogens (tertiary/aromatic N) is 2. The number of carbonyl (C=O) groups is 3. The first-order valence-corrected chi connectivity index (χ1v) is 11.2. The van der Waals surface area contributed by atoms with Crippen molar-refractivity contribution < 1.29 is 22.8 Å². The van der Waals surface area contributed by atoms with E-state index >= 15 is 0 Å². The van der Waals surface area contributed by atoms with Crippen molar-refractivity contribution in [3.63, 3.8) is 0 Å². The first-order chi connectivity index (χ1) is 14.4. The number of hydrogen-bond donors (Lipinski definition) is 1. The number of carbonyl (C=O) groups excluding carboxylic acids is 3. The molecule has 0 spiro atoms. The van der Waals surface area contributed by atoms with E-state index in [1.54, 1.807) is 41.3 Å². The lowest BCUT2D eigenvalue weighted by atomic mass is 9.83. The van der Waals surface area contributed by atoms with Crippen molar-refractivity contribution in [2.45, 2.75) is 18.7 Å². The van der Waals surface area contributed by atoms with E-state index in [0.29, 0.717) is 54.9 Å². The van der Waals surface area contributed by atoms with E-state index in [1.165, 1.54) is 6.07 Å². The highest BCUT2D eigenvalue weighted by atomic mass is 32.2. The first-order valence-electron chi connectivity index (χ1n) is 9.91. The number of amides is 1. The molecule has 4 rings (SSSR count). The number of benzene rings is 2. The molecule has 1 heterocycles. The third-order valence-electron chi connectivity index (χ3n) is 5.80. The summed E-state index contributed by atoms with van der Waals surface area (Å²) in [4.78, 5) is 42.1. The molecule has 30 heavy (non-hydrogen) atoms. The maximum absolute atomic E-state index is 13.0. The highest BCUT2D eigenvalue weighted by molar-refractivity contribution is 7.73. The molecule has 8 heteroatoms. The van der Waals surface area contributed by atoms with Crippen molar-refractivity contribution in [2.24, 2.45) is 0 Å². The van der Waals surface area contributed by atoms with Crippen molar-refractivity contribution in [1.29, 1.82) is 0 Å². The number of fused-ring (bicyclic) bond motifs is 2. The normalized spacial score (nSPS) is 17.6. The van der Waals surface area contributed by atoms with Crippen LogP contribution in [0.4, 0.5) is 0 Å². The number of ketones is 2. The minimum absolute atomic E-state index is 0.217. The van der Waals surface area contributed by atoms with E-state index < -0.39 is 16.1 Å². The molecule has 0 bridgehead atoms. The van der Waals surface area contributed by atoms with Gasteiger partial charge in [-0.3, -0.25) is 19.3 Å². The SMILES string of the molecule is CC[C@@H](N1CCN(C(=O)c2ccc3c(c2)C(=O)c2ccccc2C3=O)CC1)[SH](=O)=O. The molecule has 1 fully saturated rings. The van der Waals surface area contributed by atoms with Gasteiger partial charge in [0.1, 0.15) is 5.37 Å². The van der Waals surface area contributed by atoms with E-state index in [-0.39, 0.29) is 23.0 Å². The number of rotatable bonds is 4. The molecule has 2 aromatic carbocycles. The van der Waals surface area contributed by atoms with E-state index in [1.807, 2.05) is 11.8 Å². The monoisotopic (exact) mass is 426 g/mol. The maximum atomic E-state index is 13.0. The third-order valence-corrected chi connectivity index (χ3v) is 6.98. The van der Waals surface area contributed by atoms with Crippen molar-refractivity contribution in [2.75, 3.05) is 26.2 Å². The average Bonchev–Trinajstić information content (AvgIpc) is 2.77. The molecule has 1 aliphatic carbocycles. The van der Waals surface area contributed by atoms with Gasteiger partial charge in [-0.2, -0.15) is 0 Å². The fourth-order valence-corrected chi connectivity index (χ4v) is 4.97. The van der Waals surface area contributed by atoms with Gasteiger partial charge in [-0.1, -0.05) is 31.2 Å². The summed E-state index contributed by atoms with van der Waals surface area (Å²) in [7, 11) is -2.54. The van der Waals surface area contributed by atoms with Crippen molar-refractivity contribution in [1.82, 2.24) is 9.80 Å². The summed E-state index contributed by atoms with van der Waals surface area (Å²) in [5.74, 6) is -0.703. The lowest BCUT2D eigenvalue weighted by Gasteiger charge is -2.37. The van der Waals surface area contributed by atoms with Gasteiger partial charge in [0.05, 0.1) is 0 Å². The Bertz CT molecular complexity index is 1110. The van der Waals surface area contributed by atoms with E-state index in [4.69, 9.17) is 0 Å². The molecule has 2 aliphatic rings. The standard InChI is InChI=1S/C22H22N2O5S/c1-2-19(30(28)29)23-9-11-24(12-10-23)22(27)14-7-8-17-18(13-14)21(26)16-6-4-3-5-15(16)20(17)25/h3-8,13,19,30H,2,9-12H2,1H3/t19-/m0/s1. The van der Waals surface area contributed by atoms with Crippen LogP contribution in [0.5, 0.6) is 0 Å². The number of piperazine rings is 1. The molecule has 1 amide bonds. The molecule has 156 valence electrons. The first kappa shape index (κ1) is 20.4. The van der Waals surface area contributed by atoms with Gasteiger partial charge < -0.3 is 4.90 Å². The van der Waals surface area contributed by atoms with Crippen LogP contribution in [0.2, 0.25) is 0 Å². The van der Waals surface area contributed by atoms with Crippen LogP contribution in [-0.4, -0.2) is 67.2 Å². The summed E-state index contributed by atoms with van der Waals surface area (Å²) in [6.07, 6.45) is 0.509. The second-order valence-corrected chi connectivity index (χ2v) is 8.63. The maximum Gasteiger partial charge on any atom is 0.253 e. The van der Waals surface area contributed by atoms with Crippen LogP contribution in [0.1, 0.15) is 55.5 Å². The Kier molecular flexibility index (Phi) is 5.53. The molecule has 0 saturated carbocycles. The summed E-state index contributed by atoms with van der Waals surface area (Å²) in [5.41, 5.74) is 1.64. The zero-order valence-electron chi connectivity index (χ0n) is 16.5. The molecule has 0 unspecified atom stereocenters. The molecule has 7 nitrogen and oxygen atoms in total. The average molecular weight is 426 g/mol. The lowest BCUT2D eigenvalue weighted by molar-refractivity contribution is 0.0619. The fourth-order valence-electron chi connectivity index (χ4n) is 4.18. The second-order valence-electron chi connectivity index (χ2n) is 7.47. The number of hydrogen-bond acceptors (Lipinski definition) is 6. The zero-order valence-corrected chi connectivity index (χ0v) is 17.4. The molecule has 1 aliphatic heterocycles. The van der Waals surface area contributed by atoms with Crippen LogP contribution in [0.3, 0.4) is 0 Å². The third kappa shape index (κ3) is 3.46. The molecular weight excluding hydrogens is 404 g/mol. The predicted molar refractivity (Wildman–Crippen MR) is 112 cm³/mol. The smallest absolute Gasteiger partial charge is 0.253 e. The summed E-state index contributed by atoms with van der Waals surface area (Å²) < 4.78 is 22.8. The molecule has 0 N–H and O–H groups in total. The fraction of sp³-hybridized carbons (Fsp3) is 0.318. The topological polar surface area (TPSA) is 91.8 Å². The molecule has 1 saturated heterocycles. The van der Waals surface area contributed by atoms with Crippen LogP contribution in [-0.2, 0) is 10.7 Å². The zero-order chi connectivity index (χ0) is 21.4. The second kappa shape index (κ2) is 8.12. The minimum atomic E-state index is -2.54. The Morgan fingerprint density at radius 1 is 0.900 bits per heavy atom. The van der Waals surface area contributed by atoms with Crippen LogP contribution in [0, 0.1) is 0 Å². The summed E-state index contributed by atoms with van der Waals surface area (Å²) in [6.45, 7) is 3.60. The van der Waals surface area contributed by atoms with Gasteiger partial charge in [0.2, 0.25) is 0 Å². The Morgan fingerprint density at radius 3 is 2.03 bits per heavy atom. The van der Waals surface area contributed by atoms with Crippen LogP contribution in [0.25, 0.3) is 0 Å². The lowest BCUT2D eigenvalue weighted by Crippen LogP contribution is -2.52. The van der Waals surface area contributed by atoms with Crippen LogP contribution < -0.4 is 0 Å². The van der Waals surface area contributed by atoms with Gasteiger partial charge in [0.15, 0.2) is 22.3 Å². The molecule has 2 aromatic rings. The molecule has 1 atom stereocenters. The molecule has 0 radical (unpaired) electrons. The quantitative estimate of drug-likeness (QED) is 0.637. The number of thiol groups is 1. The van der Waals surface area contributed by atoms with Gasteiger partial charge in [0.25, 0.3) is 5.91 Å². The highest BCUT2D eigenvalue weighted by Crippen LogP contribution is 2.28.